The fourth-order valence-corrected chi connectivity index (χ4v) is 5.84. The Kier molecular flexibility index (Phi) is 11.7. The molecule has 1 unspecified atom stereocenters. The van der Waals surface area contributed by atoms with Gasteiger partial charge < -0.3 is 5.11 Å². The summed E-state index contributed by atoms with van der Waals surface area (Å²) in [4.78, 5) is 22.6. The normalized spacial score (nSPS) is 17.1. The minimum absolute atomic E-state index is 0.108. The average Bonchev–Trinajstić information content (AvgIpc) is 2.89. The van der Waals surface area contributed by atoms with Crippen molar-refractivity contribution in [3.8, 4) is 11.1 Å². The van der Waals surface area contributed by atoms with E-state index in [-0.39, 0.29) is 12.4 Å². The van der Waals surface area contributed by atoms with E-state index in [0.717, 1.165) is 50.5 Å². The number of carbonyl (C=O) groups excluding carboxylic acids is 1. The molecule has 1 atom stereocenters. The van der Waals surface area contributed by atoms with Gasteiger partial charge in [-0.25, -0.2) is 0 Å². The predicted octanol–water partition coefficient (Wildman–Crippen LogP) is 7.99. The molecule has 1 saturated heterocycles. The van der Waals surface area contributed by atoms with Crippen molar-refractivity contribution >= 4 is 65.9 Å². The Hall–Kier alpha value is -2.18. The first-order valence-electron chi connectivity index (χ1n) is 12.1. The van der Waals surface area contributed by atoms with Crippen LogP contribution in [0.3, 0.4) is 0 Å². The number of allylic oxidation sites excluding steroid dienone is 1. The van der Waals surface area contributed by atoms with Crippen molar-refractivity contribution in [1.82, 2.24) is 0 Å². The Morgan fingerprint density at radius 3 is 2.32 bits per heavy atom. The summed E-state index contributed by atoms with van der Waals surface area (Å²) >= 11 is 9.94. The first-order chi connectivity index (χ1) is 17.8. The number of carboxylic acid groups (broad SMARTS) is 1. The van der Waals surface area contributed by atoms with E-state index in [2.05, 4.69) is 72.1 Å². The topological polar surface area (TPSA) is 63.6 Å². The summed E-state index contributed by atoms with van der Waals surface area (Å²) in [7, 11) is 0. The van der Waals surface area contributed by atoms with Gasteiger partial charge in [-0.1, -0.05) is 40.2 Å². The van der Waals surface area contributed by atoms with Crippen molar-refractivity contribution in [2.45, 2.75) is 42.8 Å². The SMILES string of the molecule is O=C(O)CCCC=Cc1cccc(Br)c1.O=C1OCCCC1(C[Se])c1cccc(-c2cccc(Br)c2)c1. The molecule has 0 aromatic heterocycles. The van der Waals surface area contributed by atoms with E-state index in [0.29, 0.717) is 18.3 Å². The van der Waals surface area contributed by atoms with Gasteiger partial charge in [0, 0.05) is 10.9 Å². The molecule has 3 aromatic carbocycles. The van der Waals surface area contributed by atoms with E-state index in [1.54, 1.807) is 0 Å². The second-order valence-corrected chi connectivity index (χ2v) is 11.2. The number of unbranched alkanes of at least 4 members (excludes halogenated alkanes) is 1. The second-order valence-electron chi connectivity index (χ2n) is 8.80. The van der Waals surface area contributed by atoms with Crippen LogP contribution < -0.4 is 0 Å². The quantitative estimate of drug-likeness (QED) is 0.148. The van der Waals surface area contributed by atoms with E-state index in [1.807, 2.05) is 60.7 Å². The molecule has 193 valence electrons. The molecular weight excluding hydrogens is 663 g/mol. The molecule has 4 nitrogen and oxygen atoms in total. The molecule has 1 N–H and O–H groups in total. The maximum atomic E-state index is 12.4. The van der Waals surface area contributed by atoms with E-state index >= 15 is 0 Å². The Bertz CT molecular complexity index is 1240. The van der Waals surface area contributed by atoms with Gasteiger partial charge in [-0.15, -0.1) is 0 Å². The zero-order valence-corrected chi connectivity index (χ0v) is 25.3. The third-order valence-corrected chi connectivity index (χ3v) is 8.13. The average molecular weight is 692 g/mol. The van der Waals surface area contributed by atoms with Gasteiger partial charge in [0.25, 0.3) is 0 Å². The number of cyclic esters (lactones) is 1. The first-order valence-corrected chi connectivity index (χ1v) is 14.9. The number of halogens is 2. The van der Waals surface area contributed by atoms with Gasteiger partial charge in [-0.05, 0) is 30.5 Å². The summed E-state index contributed by atoms with van der Waals surface area (Å²) < 4.78 is 7.44. The molecule has 0 spiro atoms. The summed E-state index contributed by atoms with van der Waals surface area (Å²) in [5.41, 5.74) is 3.87. The Labute approximate surface area is 243 Å². The number of esters is 1. The summed E-state index contributed by atoms with van der Waals surface area (Å²) in [6, 6.07) is 24.4. The number of rotatable bonds is 8. The van der Waals surface area contributed by atoms with Crippen LogP contribution in [0, 0.1) is 0 Å². The van der Waals surface area contributed by atoms with Crippen LogP contribution in [0.15, 0.2) is 87.8 Å². The van der Waals surface area contributed by atoms with E-state index in [4.69, 9.17) is 9.84 Å². The van der Waals surface area contributed by atoms with Gasteiger partial charge in [-0.3, -0.25) is 4.79 Å². The van der Waals surface area contributed by atoms with Crippen LogP contribution in [0.5, 0.6) is 0 Å². The number of carbonyl (C=O) groups is 2. The number of carboxylic acids is 1. The van der Waals surface area contributed by atoms with Crippen molar-refractivity contribution in [2.75, 3.05) is 6.61 Å². The third-order valence-electron chi connectivity index (χ3n) is 6.11. The summed E-state index contributed by atoms with van der Waals surface area (Å²) in [6.07, 6.45) is 7.49. The zero-order valence-electron chi connectivity index (χ0n) is 20.4. The molecule has 4 rings (SSSR count). The van der Waals surface area contributed by atoms with E-state index in [9.17, 15) is 9.59 Å². The zero-order chi connectivity index (χ0) is 26.7. The third kappa shape index (κ3) is 8.68. The number of ether oxygens (including phenoxy) is 1. The first kappa shape index (κ1) is 29.4. The molecule has 1 aliphatic heterocycles. The molecule has 1 aliphatic rings. The molecule has 3 aromatic rings. The fourth-order valence-electron chi connectivity index (χ4n) is 4.12. The standard InChI is InChI=1S/C18H16BrO2Se.C12H13BrO2/c19-16-7-2-5-14(11-16)13-4-1-6-15(10-13)18(12-22)8-3-9-21-17(18)20;13-11-7-4-6-10(9-11)5-2-1-3-8-12(14)15/h1-2,4-7,10-11H,3,8-9,12H2;2,4-7,9H,1,3,8H2,(H,14,15). The van der Waals surface area contributed by atoms with Gasteiger partial charge in [0.1, 0.15) is 0 Å². The van der Waals surface area contributed by atoms with Crippen molar-refractivity contribution in [3.05, 3.63) is 98.9 Å². The van der Waals surface area contributed by atoms with Crippen LogP contribution in [0.1, 0.15) is 43.2 Å². The van der Waals surface area contributed by atoms with Crippen molar-refractivity contribution in [1.29, 1.82) is 0 Å². The minimum atomic E-state index is -0.731. The number of hydrogen-bond donors (Lipinski definition) is 1. The molecule has 0 aliphatic carbocycles. The second kappa shape index (κ2) is 14.7. The van der Waals surface area contributed by atoms with Crippen LogP contribution in [-0.4, -0.2) is 39.7 Å². The Morgan fingerprint density at radius 1 is 1.00 bits per heavy atom. The van der Waals surface area contributed by atoms with Gasteiger partial charge in [0.2, 0.25) is 0 Å². The van der Waals surface area contributed by atoms with Gasteiger partial charge >= 0.3 is 153 Å². The molecule has 7 heteroatoms. The van der Waals surface area contributed by atoms with E-state index < -0.39 is 11.4 Å². The number of aliphatic carboxylic acids is 1. The van der Waals surface area contributed by atoms with Crippen LogP contribution in [0.4, 0.5) is 0 Å². The van der Waals surface area contributed by atoms with Crippen molar-refractivity contribution in [2.24, 2.45) is 0 Å². The van der Waals surface area contributed by atoms with Crippen LogP contribution in [0.2, 0.25) is 5.32 Å². The fraction of sp³-hybridized carbons (Fsp3) is 0.267. The summed E-state index contributed by atoms with van der Waals surface area (Å²) in [5.74, 6) is -0.838. The number of benzene rings is 3. The maximum absolute atomic E-state index is 12.4. The van der Waals surface area contributed by atoms with Crippen LogP contribution in [-0.2, 0) is 19.7 Å². The molecule has 1 fully saturated rings. The summed E-state index contributed by atoms with van der Waals surface area (Å²) in [5, 5.41) is 9.08. The number of hydrogen-bond acceptors (Lipinski definition) is 3. The van der Waals surface area contributed by atoms with Gasteiger partial charge in [0.15, 0.2) is 0 Å². The molecule has 0 saturated carbocycles. The molecule has 37 heavy (non-hydrogen) atoms. The molecule has 1 radical (unpaired) electrons. The molecular formula is C30H29Br2O4Se. The van der Waals surface area contributed by atoms with Crippen LogP contribution in [0.25, 0.3) is 17.2 Å². The Morgan fingerprint density at radius 2 is 1.68 bits per heavy atom. The Balaban J connectivity index is 0.000000222. The molecule has 0 bridgehead atoms. The van der Waals surface area contributed by atoms with Gasteiger partial charge in [-0.2, -0.15) is 0 Å². The molecule has 0 amide bonds. The summed E-state index contributed by atoms with van der Waals surface area (Å²) in [6.45, 7) is 0.534. The van der Waals surface area contributed by atoms with Crippen molar-refractivity contribution in [3.63, 3.8) is 0 Å². The van der Waals surface area contributed by atoms with E-state index in [1.165, 1.54) is 0 Å². The van der Waals surface area contributed by atoms with Crippen molar-refractivity contribution < 1.29 is 19.4 Å². The van der Waals surface area contributed by atoms with Gasteiger partial charge in [0.05, 0.1) is 0 Å². The monoisotopic (exact) mass is 691 g/mol. The molecule has 1 heterocycles. The van der Waals surface area contributed by atoms with Crippen LogP contribution >= 0.6 is 31.9 Å². The predicted molar refractivity (Wildman–Crippen MR) is 157 cm³/mol.